The number of esters is 1. The summed E-state index contributed by atoms with van der Waals surface area (Å²) in [5.74, 6) is -1.46. The van der Waals surface area contributed by atoms with Crippen LogP contribution in [-0.4, -0.2) is 30.1 Å². The maximum Gasteiger partial charge on any atom is 0.416 e. The Balaban J connectivity index is 2.83. The number of ether oxygens (including phenoxy) is 1. The summed E-state index contributed by atoms with van der Waals surface area (Å²) in [6.07, 6.45) is -5.89. The molecule has 0 aliphatic rings. The fourth-order valence-corrected chi connectivity index (χ4v) is 2.08. The lowest BCUT2D eigenvalue weighted by Gasteiger charge is -2.20. The Kier molecular flexibility index (Phi) is 6.77. The van der Waals surface area contributed by atoms with Crippen molar-refractivity contribution >= 4 is 11.9 Å². The Morgan fingerprint density at radius 2 is 1.75 bits per heavy atom. The van der Waals surface area contributed by atoms with Crippen molar-refractivity contribution in [3.05, 3.63) is 35.4 Å². The molecule has 0 unspecified atom stereocenters. The summed E-state index contributed by atoms with van der Waals surface area (Å²) in [5, 5.41) is 12.3. The Hall–Kier alpha value is -2.09. The zero-order valence-electron chi connectivity index (χ0n) is 13.6. The second-order valence-corrected chi connectivity index (χ2v) is 5.74. The molecule has 0 aromatic heterocycles. The number of nitrogens with one attached hydrogen (secondary N) is 1. The zero-order chi connectivity index (χ0) is 18.5. The van der Waals surface area contributed by atoms with Crippen molar-refractivity contribution in [2.75, 3.05) is 7.11 Å². The summed E-state index contributed by atoms with van der Waals surface area (Å²) >= 11 is 0. The minimum atomic E-state index is -4.50. The number of methoxy groups -OCH3 is 1. The smallest absolute Gasteiger partial charge is 0.416 e. The van der Waals surface area contributed by atoms with E-state index < -0.39 is 35.8 Å². The molecule has 2 N–H and O–H groups in total. The van der Waals surface area contributed by atoms with E-state index in [1.807, 2.05) is 13.8 Å². The van der Waals surface area contributed by atoms with E-state index in [1.165, 1.54) is 7.11 Å². The summed E-state index contributed by atoms with van der Waals surface area (Å²) in [7, 11) is 1.17. The molecule has 2 atom stereocenters. The van der Waals surface area contributed by atoms with Crippen LogP contribution in [0.3, 0.4) is 0 Å². The molecule has 0 heterocycles. The number of amides is 1. The number of halogens is 3. The van der Waals surface area contributed by atoms with Crippen molar-refractivity contribution in [3.8, 4) is 0 Å². The van der Waals surface area contributed by atoms with Gasteiger partial charge < -0.3 is 15.2 Å². The second kappa shape index (κ2) is 8.14. The highest BCUT2D eigenvalue weighted by Gasteiger charge is 2.31. The number of hydrogen-bond acceptors (Lipinski definition) is 4. The van der Waals surface area contributed by atoms with E-state index in [4.69, 9.17) is 0 Å². The average molecular weight is 347 g/mol. The lowest BCUT2D eigenvalue weighted by molar-refractivity contribution is -0.146. The molecule has 134 valence electrons. The molecule has 0 fully saturated rings. The van der Waals surface area contributed by atoms with E-state index in [2.05, 4.69) is 10.1 Å². The Labute approximate surface area is 137 Å². The van der Waals surface area contributed by atoms with E-state index in [9.17, 15) is 27.9 Å². The van der Waals surface area contributed by atoms with Crippen LogP contribution < -0.4 is 5.32 Å². The minimum absolute atomic E-state index is 0.00587. The molecule has 1 aromatic rings. The molecule has 1 aromatic carbocycles. The van der Waals surface area contributed by atoms with Crippen molar-refractivity contribution in [1.82, 2.24) is 5.32 Å². The highest BCUT2D eigenvalue weighted by Crippen LogP contribution is 2.30. The first-order valence-corrected chi connectivity index (χ1v) is 7.29. The van der Waals surface area contributed by atoms with Crippen LogP contribution in [0, 0.1) is 5.92 Å². The van der Waals surface area contributed by atoms with Gasteiger partial charge in [0.05, 0.1) is 12.7 Å². The number of alkyl halides is 3. The molecular formula is C16H20F3NO4. The monoisotopic (exact) mass is 347 g/mol. The molecular weight excluding hydrogens is 327 g/mol. The molecule has 0 aliphatic carbocycles. The number of hydrogen-bond donors (Lipinski definition) is 2. The Bertz CT molecular complexity index is 570. The van der Waals surface area contributed by atoms with Gasteiger partial charge in [-0.1, -0.05) is 26.0 Å². The molecule has 24 heavy (non-hydrogen) atoms. The van der Waals surface area contributed by atoms with Crippen LogP contribution in [-0.2, 0) is 20.5 Å². The number of aliphatic hydroxyl groups is 1. The Morgan fingerprint density at radius 3 is 2.17 bits per heavy atom. The quantitative estimate of drug-likeness (QED) is 0.775. The number of carbonyl (C=O) groups excluding carboxylic acids is 2. The molecule has 1 rings (SSSR count). The van der Waals surface area contributed by atoms with Gasteiger partial charge in [0.15, 0.2) is 6.10 Å². The van der Waals surface area contributed by atoms with Gasteiger partial charge in [0, 0.05) is 0 Å². The van der Waals surface area contributed by atoms with Crippen LogP contribution in [0.2, 0.25) is 0 Å². The predicted molar refractivity (Wildman–Crippen MR) is 79.8 cm³/mol. The number of aliphatic hydroxyl groups excluding tert-OH is 1. The third-order valence-corrected chi connectivity index (χ3v) is 3.31. The van der Waals surface area contributed by atoms with Crippen molar-refractivity contribution in [3.63, 3.8) is 0 Å². The first-order valence-electron chi connectivity index (χ1n) is 7.29. The van der Waals surface area contributed by atoms with E-state index >= 15 is 0 Å². The highest BCUT2D eigenvalue weighted by atomic mass is 19.4. The Morgan fingerprint density at radius 1 is 1.21 bits per heavy atom. The van der Waals surface area contributed by atoms with Crippen LogP contribution in [0.15, 0.2) is 24.3 Å². The standard InChI is InChI=1S/C16H20F3NO4/c1-9(2)8-12(15(23)24-3)20-14(22)13(21)10-4-6-11(7-5-10)16(17,18)19/h4-7,9,12-13,21H,8H2,1-3H3,(H,20,22)/t12-,13-/m0/s1. The summed E-state index contributed by atoms with van der Waals surface area (Å²) in [6, 6.07) is 2.65. The lowest BCUT2D eigenvalue weighted by atomic mass is 10.0. The van der Waals surface area contributed by atoms with Gasteiger partial charge in [0.2, 0.25) is 0 Å². The van der Waals surface area contributed by atoms with E-state index in [-0.39, 0.29) is 11.5 Å². The average Bonchev–Trinajstić information content (AvgIpc) is 2.51. The lowest BCUT2D eigenvalue weighted by Crippen LogP contribution is -2.44. The molecule has 0 saturated heterocycles. The topological polar surface area (TPSA) is 75.6 Å². The number of benzene rings is 1. The van der Waals surface area contributed by atoms with Crippen LogP contribution in [0.4, 0.5) is 13.2 Å². The molecule has 0 radical (unpaired) electrons. The van der Waals surface area contributed by atoms with Gasteiger partial charge >= 0.3 is 12.1 Å². The third-order valence-electron chi connectivity index (χ3n) is 3.31. The van der Waals surface area contributed by atoms with Crippen molar-refractivity contribution in [2.24, 2.45) is 5.92 Å². The summed E-state index contributed by atoms with van der Waals surface area (Å²) in [6.45, 7) is 3.68. The van der Waals surface area contributed by atoms with Gasteiger partial charge in [0.25, 0.3) is 5.91 Å². The number of carbonyl (C=O) groups is 2. The van der Waals surface area contributed by atoms with Crippen LogP contribution in [0.1, 0.15) is 37.5 Å². The van der Waals surface area contributed by atoms with Gasteiger partial charge in [-0.25, -0.2) is 4.79 Å². The fourth-order valence-electron chi connectivity index (χ4n) is 2.08. The molecule has 0 aliphatic heterocycles. The van der Waals surface area contributed by atoms with Gasteiger partial charge in [-0.2, -0.15) is 13.2 Å². The normalized spacial score (nSPS) is 14.2. The summed E-state index contributed by atoms with van der Waals surface area (Å²) in [4.78, 5) is 23.7. The second-order valence-electron chi connectivity index (χ2n) is 5.74. The molecule has 5 nitrogen and oxygen atoms in total. The summed E-state index contributed by atoms with van der Waals surface area (Å²) in [5.41, 5.74) is -0.889. The van der Waals surface area contributed by atoms with Gasteiger partial charge in [-0.15, -0.1) is 0 Å². The molecule has 0 spiro atoms. The van der Waals surface area contributed by atoms with Gasteiger partial charge in [-0.3, -0.25) is 4.79 Å². The predicted octanol–water partition coefficient (Wildman–Crippen LogP) is 2.44. The minimum Gasteiger partial charge on any atom is -0.467 e. The van der Waals surface area contributed by atoms with E-state index in [0.717, 1.165) is 24.3 Å². The first kappa shape index (κ1) is 20.0. The molecule has 0 bridgehead atoms. The third kappa shape index (κ3) is 5.52. The maximum atomic E-state index is 12.5. The van der Waals surface area contributed by atoms with Crippen molar-refractivity contribution < 1.29 is 32.6 Å². The van der Waals surface area contributed by atoms with Crippen LogP contribution >= 0.6 is 0 Å². The SMILES string of the molecule is COC(=O)[C@H](CC(C)C)NC(=O)[C@@H](O)c1ccc(C(F)(F)F)cc1. The maximum absolute atomic E-state index is 12.5. The molecule has 0 saturated carbocycles. The zero-order valence-corrected chi connectivity index (χ0v) is 13.6. The molecule has 1 amide bonds. The highest BCUT2D eigenvalue weighted by molar-refractivity contribution is 5.87. The van der Waals surface area contributed by atoms with E-state index in [1.54, 1.807) is 0 Å². The van der Waals surface area contributed by atoms with Crippen LogP contribution in [0.5, 0.6) is 0 Å². The number of rotatable bonds is 6. The first-order chi connectivity index (χ1) is 11.1. The van der Waals surface area contributed by atoms with E-state index in [0.29, 0.717) is 6.42 Å². The summed E-state index contributed by atoms with van der Waals surface area (Å²) < 4.78 is 42.1. The van der Waals surface area contributed by atoms with Gasteiger partial charge in [-0.05, 0) is 30.0 Å². The van der Waals surface area contributed by atoms with Crippen molar-refractivity contribution in [2.45, 2.75) is 38.6 Å². The van der Waals surface area contributed by atoms with Crippen LogP contribution in [0.25, 0.3) is 0 Å². The van der Waals surface area contributed by atoms with Gasteiger partial charge in [0.1, 0.15) is 6.04 Å². The van der Waals surface area contributed by atoms with Crippen molar-refractivity contribution in [1.29, 1.82) is 0 Å². The molecule has 8 heteroatoms. The fraction of sp³-hybridized carbons (Fsp3) is 0.500. The largest absolute Gasteiger partial charge is 0.467 e.